The summed E-state index contributed by atoms with van der Waals surface area (Å²) < 4.78 is 10.9. The van der Waals surface area contributed by atoms with Gasteiger partial charge in [-0.2, -0.15) is 0 Å². The number of Topliss-reactive ketones (excluding diaryl/α,β-unsaturated/α-hetero) is 1. The van der Waals surface area contributed by atoms with Gasteiger partial charge in [0.05, 0.1) is 17.4 Å². The molecule has 2 aliphatic carbocycles. The number of aliphatic hydroxyl groups excluding tert-OH is 1. The third-order valence-corrected chi connectivity index (χ3v) is 5.85. The Labute approximate surface area is 134 Å². The van der Waals surface area contributed by atoms with Crippen molar-refractivity contribution in [1.82, 2.24) is 0 Å². The minimum absolute atomic E-state index is 0.0436. The highest BCUT2D eigenvalue weighted by molar-refractivity contribution is 5.93. The summed E-state index contributed by atoms with van der Waals surface area (Å²) >= 11 is 0. The number of hydrogen-bond donors (Lipinski definition) is 1. The lowest BCUT2D eigenvalue weighted by Crippen LogP contribution is -2.49. The van der Waals surface area contributed by atoms with Crippen LogP contribution in [-0.2, 0) is 23.9 Å². The number of ketones is 1. The second-order valence-corrected chi connectivity index (χ2v) is 7.24. The van der Waals surface area contributed by atoms with Gasteiger partial charge in [-0.25, -0.2) is 4.79 Å². The average Bonchev–Trinajstić information content (AvgIpc) is 2.79. The van der Waals surface area contributed by atoms with Gasteiger partial charge in [0.2, 0.25) is 0 Å². The van der Waals surface area contributed by atoms with Crippen LogP contribution in [0.4, 0.5) is 0 Å². The zero-order valence-corrected chi connectivity index (χ0v) is 13.6. The SMILES string of the molecule is C=C1C(=O)O[C@@H]2C[C@@H](C)[C@@H]3[C@H](O)CC(=O)[C@@]3(C)[C@@H](OC(C)=O)[C@H]12. The number of esters is 2. The molecule has 2 saturated carbocycles. The Morgan fingerprint density at radius 2 is 2.09 bits per heavy atom. The predicted molar refractivity (Wildman–Crippen MR) is 79.1 cm³/mol. The van der Waals surface area contributed by atoms with E-state index in [0.717, 1.165) is 0 Å². The molecule has 0 spiro atoms. The van der Waals surface area contributed by atoms with Crippen LogP contribution in [0.15, 0.2) is 12.2 Å². The smallest absolute Gasteiger partial charge is 0.334 e. The normalized spacial score (nSPS) is 46.0. The van der Waals surface area contributed by atoms with E-state index in [1.54, 1.807) is 6.92 Å². The second kappa shape index (κ2) is 5.16. The highest BCUT2D eigenvalue weighted by Crippen LogP contribution is 2.56. The number of aliphatic hydroxyl groups is 1. The first-order valence-electron chi connectivity index (χ1n) is 7.96. The highest BCUT2D eigenvalue weighted by Gasteiger charge is 2.65. The van der Waals surface area contributed by atoms with E-state index in [9.17, 15) is 19.5 Å². The van der Waals surface area contributed by atoms with Gasteiger partial charge in [-0.15, -0.1) is 0 Å². The molecule has 6 nitrogen and oxygen atoms in total. The fraction of sp³-hybridized carbons (Fsp3) is 0.706. The molecule has 3 fully saturated rings. The second-order valence-electron chi connectivity index (χ2n) is 7.24. The van der Waals surface area contributed by atoms with Crippen LogP contribution in [0.2, 0.25) is 0 Å². The number of fused-ring (bicyclic) bond motifs is 2. The van der Waals surface area contributed by atoms with E-state index in [0.29, 0.717) is 6.42 Å². The third kappa shape index (κ3) is 2.15. The van der Waals surface area contributed by atoms with Gasteiger partial charge in [0.1, 0.15) is 18.0 Å². The molecule has 3 rings (SSSR count). The first kappa shape index (κ1) is 16.2. The first-order valence-corrected chi connectivity index (χ1v) is 7.96. The molecule has 0 bridgehead atoms. The zero-order valence-electron chi connectivity index (χ0n) is 13.6. The van der Waals surface area contributed by atoms with Crippen molar-refractivity contribution in [1.29, 1.82) is 0 Å². The average molecular weight is 322 g/mol. The summed E-state index contributed by atoms with van der Waals surface area (Å²) in [5.41, 5.74) is -0.801. The highest BCUT2D eigenvalue weighted by atomic mass is 16.6. The van der Waals surface area contributed by atoms with Crippen molar-refractivity contribution in [2.75, 3.05) is 0 Å². The maximum Gasteiger partial charge on any atom is 0.334 e. The Morgan fingerprint density at radius 3 is 2.70 bits per heavy atom. The summed E-state index contributed by atoms with van der Waals surface area (Å²) in [5, 5.41) is 10.4. The van der Waals surface area contributed by atoms with Crippen LogP contribution >= 0.6 is 0 Å². The maximum atomic E-state index is 12.7. The molecule has 0 aromatic carbocycles. The summed E-state index contributed by atoms with van der Waals surface area (Å²) in [7, 11) is 0. The number of hydrogen-bond acceptors (Lipinski definition) is 6. The summed E-state index contributed by atoms with van der Waals surface area (Å²) in [6, 6.07) is 0. The summed E-state index contributed by atoms with van der Waals surface area (Å²) in [4.78, 5) is 36.3. The molecule has 0 amide bonds. The van der Waals surface area contributed by atoms with Crippen LogP contribution in [0, 0.1) is 23.2 Å². The van der Waals surface area contributed by atoms with E-state index in [1.807, 2.05) is 6.92 Å². The molecule has 1 N–H and O–H groups in total. The monoisotopic (exact) mass is 322 g/mol. The van der Waals surface area contributed by atoms with Crippen molar-refractivity contribution in [3.63, 3.8) is 0 Å². The van der Waals surface area contributed by atoms with E-state index in [2.05, 4.69) is 6.58 Å². The maximum absolute atomic E-state index is 12.7. The van der Waals surface area contributed by atoms with Crippen LogP contribution in [0.5, 0.6) is 0 Å². The largest absolute Gasteiger partial charge is 0.461 e. The fourth-order valence-corrected chi connectivity index (χ4v) is 4.92. The Balaban J connectivity index is 2.14. The molecule has 0 aromatic rings. The summed E-state index contributed by atoms with van der Waals surface area (Å²) in [6.45, 7) is 8.74. The molecule has 6 heteroatoms. The van der Waals surface area contributed by atoms with Crippen molar-refractivity contribution in [3.05, 3.63) is 12.2 Å². The van der Waals surface area contributed by atoms with Gasteiger partial charge in [0.15, 0.2) is 0 Å². The molecule has 1 saturated heterocycles. The number of rotatable bonds is 1. The van der Waals surface area contributed by atoms with E-state index in [-0.39, 0.29) is 29.6 Å². The lowest BCUT2D eigenvalue weighted by atomic mass is 9.67. The molecule has 23 heavy (non-hydrogen) atoms. The lowest BCUT2D eigenvalue weighted by Gasteiger charge is -2.39. The van der Waals surface area contributed by atoms with Crippen molar-refractivity contribution in [2.24, 2.45) is 23.2 Å². The Morgan fingerprint density at radius 1 is 1.43 bits per heavy atom. The molecular formula is C17H22O6. The van der Waals surface area contributed by atoms with Gasteiger partial charge in [-0.3, -0.25) is 9.59 Å². The van der Waals surface area contributed by atoms with Crippen LogP contribution in [0.1, 0.15) is 33.6 Å². The van der Waals surface area contributed by atoms with Gasteiger partial charge in [0, 0.05) is 24.8 Å². The molecule has 0 unspecified atom stereocenters. The van der Waals surface area contributed by atoms with E-state index >= 15 is 0 Å². The third-order valence-electron chi connectivity index (χ3n) is 5.85. The number of carbonyl (C=O) groups excluding carboxylic acids is 3. The fourth-order valence-electron chi connectivity index (χ4n) is 4.92. The summed E-state index contributed by atoms with van der Waals surface area (Å²) in [6.07, 6.45) is -1.54. The Bertz CT molecular complexity index is 596. The van der Waals surface area contributed by atoms with Crippen LogP contribution in [-0.4, -0.2) is 41.1 Å². The van der Waals surface area contributed by atoms with Crippen LogP contribution < -0.4 is 0 Å². The molecule has 0 radical (unpaired) electrons. The Hall–Kier alpha value is -1.69. The van der Waals surface area contributed by atoms with Gasteiger partial charge in [-0.05, 0) is 19.3 Å². The minimum Gasteiger partial charge on any atom is -0.461 e. The quantitative estimate of drug-likeness (QED) is 0.572. The van der Waals surface area contributed by atoms with Crippen molar-refractivity contribution in [3.8, 4) is 0 Å². The van der Waals surface area contributed by atoms with Crippen molar-refractivity contribution < 1.29 is 29.0 Å². The van der Waals surface area contributed by atoms with Gasteiger partial charge in [0.25, 0.3) is 0 Å². The molecule has 1 heterocycles. The summed E-state index contributed by atoms with van der Waals surface area (Å²) in [5.74, 6) is -2.09. The molecular weight excluding hydrogens is 300 g/mol. The predicted octanol–water partition coefficient (Wildman–Crippen LogP) is 1.01. The lowest BCUT2D eigenvalue weighted by molar-refractivity contribution is -0.164. The van der Waals surface area contributed by atoms with Crippen LogP contribution in [0.25, 0.3) is 0 Å². The zero-order chi connectivity index (χ0) is 17.1. The minimum atomic E-state index is -1.04. The van der Waals surface area contributed by atoms with E-state index in [4.69, 9.17) is 9.47 Å². The topological polar surface area (TPSA) is 89.9 Å². The molecule has 7 atom stereocenters. The van der Waals surface area contributed by atoms with Crippen molar-refractivity contribution >= 4 is 17.7 Å². The molecule has 1 aliphatic heterocycles. The molecule has 0 aromatic heterocycles. The van der Waals surface area contributed by atoms with Crippen molar-refractivity contribution in [2.45, 2.75) is 51.9 Å². The van der Waals surface area contributed by atoms with Gasteiger partial charge < -0.3 is 14.6 Å². The van der Waals surface area contributed by atoms with E-state index in [1.165, 1.54) is 6.92 Å². The number of ether oxygens (including phenoxy) is 2. The van der Waals surface area contributed by atoms with Crippen LogP contribution in [0.3, 0.4) is 0 Å². The molecule has 126 valence electrons. The van der Waals surface area contributed by atoms with E-state index < -0.39 is 41.6 Å². The number of carbonyl (C=O) groups is 3. The van der Waals surface area contributed by atoms with Gasteiger partial charge in [-0.1, -0.05) is 13.5 Å². The molecule has 3 aliphatic rings. The first-order chi connectivity index (χ1) is 10.7. The Kier molecular flexibility index (Phi) is 3.63. The standard InChI is InChI=1S/C17H22O6/c1-7-5-11-13(8(2)16(21)23-11)15(22-9(3)18)17(4)12(20)6-10(19)14(7)17/h7,10-11,13-15,19H,2,5-6H2,1,3-4H3/t7-,10-,11-,13-,14-,15+,17-/m1/s1. The van der Waals surface area contributed by atoms with Gasteiger partial charge >= 0.3 is 11.9 Å².